The van der Waals surface area contributed by atoms with Gasteiger partial charge in [-0.05, 0) is 84.0 Å². The van der Waals surface area contributed by atoms with Crippen molar-refractivity contribution < 1.29 is 49.3 Å². The molecule has 11 nitrogen and oxygen atoms in total. The SMILES string of the molecule is C/C=C/CC/C=C/CC/C=C/C(O)C(COC1OC(CO)C(O)C(O)C1O)NC(=O)CCCCCCCCCCCCC/C=C\C/C=C\CCCCCCCCCCCOC(=O)CCCCCCCCCCCCCCCCCCCC. The fourth-order valence-corrected chi connectivity index (χ4v) is 10.7. The van der Waals surface area contributed by atoms with Gasteiger partial charge in [0, 0.05) is 12.8 Å². The molecule has 11 heteroatoms. The number of hydrogen-bond acceptors (Lipinski definition) is 10. The number of nitrogens with one attached hydrogen (secondary N) is 1. The van der Waals surface area contributed by atoms with E-state index in [1.165, 1.54) is 212 Å². The van der Waals surface area contributed by atoms with Crippen LogP contribution >= 0.6 is 0 Å². The van der Waals surface area contributed by atoms with Crippen LogP contribution in [0.2, 0.25) is 0 Å². The highest BCUT2D eigenvalue weighted by atomic mass is 16.7. The van der Waals surface area contributed by atoms with Crippen LogP contribution in [0.1, 0.15) is 316 Å². The maximum absolute atomic E-state index is 13.0. The fraction of sp³-hybridized carbons (Fsp3) is 0.831. The number of ether oxygens (including phenoxy) is 3. The number of aliphatic hydroxyl groups excluding tert-OH is 5. The van der Waals surface area contributed by atoms with Crippen LogP contribution in [0.15, 0.2) is 60.8 Å². The molecule has 1 saturated heterocycles. The predicted octanol–water partition coefficient (Wildman–Crippen LogP) is 17.3. The van der Waals surface area contributed by atoms with Crippen LogP contribution in [0.4, 0.5) is 0 Å². The standard InChI is InChI=1S/C71H129NO10/c1-3-5-7-9-11-13-14-15-16-17-30-33-36-39-43-47-51-55-59-67(76)80-60-56-52-48-44-40-37-34-31-28-26-24-22-20-18-19-21-23-25-27-29-32-35-38-42-46-50-54-58-66(75)72-63(64(74)57-53-49-45-41-12-10-8-6-4-2)62-81-71-70(79)69(78)68(77)65(61-73)82-71/h4,6,12,18-19,22,24,41,53,57,63-65,68-71,73-74,77-79H,3,5,7-11,13-17,20-21,23,25-40,42-52,54-56,58-62H2,1-2H3,(H,72,75)/b6-4+,19-18-,24-22-,41-12+,57-53+. The van der Waals surface area contributed by atoms with Gasteiger partial charge >= 0.3 is 5.97 Å². The van der Waals surface area contributed by atoms with Gasteiger partial charge in [0.15, 0.2) is 6.29 Å². The van der Waals surface area contributed by atoms with Gasteiger partial charge in [0.1, 0.15) is 24.4 Å². The Morgan fingerprint density at radius 1 is 0.476 bits per heavy atom. The van der Waals surface area contributed by atoms with Crippen LogP contribution in [0.5, 0.6) is 0 Å². The average Bonchev–Trinajstić information content (AvgIpc) is 3.48. The lowest BCUT2D eigenvalue weighted by Gasteiger charge is -2.40. The molecule has 1 amide bonds. The number of carbonyl (C=O) groups excluding carboxylic acids is 2. The molecule has 0 spiro atoms. The van der Waals surface area contributed by atoms with Crippen LogP contribution < -0.4 is 5.32 Å². The van der Waals surface area contributed by atoms with Gasteiger partial charge in [0.2, 0.25) is 5.91 Å². The zero-order valence-corrected chi connectivity index (χ0v) is 52.9. The molecule has 0 aromatic rings. The van der Waals surface area contributed by atoms with Crippen molar-refractivity contribution in [2.45, 2.75) is 358 Å². The van der Waals surface area contributed by atoms with Crippen LogP contribution in [0.25, 0.3) is 0 Å². The maximum atomic E-state index is 13.0. The molecule has 7 atom stereocenters. The van der Waals surface area contributed by atoms with Crippen LogP contribution in [0.3, 0.4) is 0 Å². The van der Waals surface area contributed by atoms with Crippen molar-refractivity contribution in [1.82, 2.24) is 5.32 Å². The quantitative estimate of drug-likeness (QED) is 0.0195. The second-order valence-corrected chi connectivity index (χ2v) is 23.9. The Morgan fingerprint density at radius 3 is 1.34 bits per heavy atom. The minimum Gasteiger partial charge on any atom is -0.466 e. The second-order valence-electron chi connectivity index (χ2n) is 23.9. The topological polar surface area (TPSA) is 175 Å². The Balaban J connectivity index is 1.94. The molecule has 7 unspecified atom stereocenters. The summed E-state index contributed by atoms with van der Waals surface area (Å²) in [6, 6.07) is -0.837. The molecule has 0 aliphatic carbocycles. The number of hydrogen-bond donors (Lipinski definition) is 6. The van der Waals surface area contributed by atoms with Gasteiger partial charge in [-0.25, -0.2) is 0 Å². The molecule has 1 fully saturated rings. The molecular weight excluding hydrogens is 1030 g/mol. The van der Waals surface area contributed by atoms with Gasteiger partial charge in [-0.3, -0.25) is 9.59 Å². The van der Waals surface area contributed by atoms with Crippen molar-refractivity contribution in [3.05, 3.63) is 60.8 Å². The highest BCUT2D eigenvalue weighted by molar-refractivity contribution is 5.76. The monoisotopic (exact) mass is 1160 g/mol. The molecule has 0 saturated carbocycles. The Morgan fingerprint density at radius 2 is 0.878 bits per heavy atom. The van der Waals surface area contributed by atoms with Gasteiger partial charge in [-0.1, -0.05) is 280 Å². The zero-order chi connectivity index (χ0) is 59.5. The number of unbranched alkanes of at least 4 members (excludes halogenated alkanes) is 39. The zero-order valence-electron chi connectivity index (χ0n) is 52.9. The van der Waals surface area contributed by atoms with Gasteiger partial charge in [-0.15, -0.1) is 0 Å². The number of carbonyl (C=O) groups is 2. The van der Waals surface area contributed by atoms with Crippen molar-refractivity contribution in [3.63, 3.8) is 0 Å². The van der Waals surface area contributed by atoms with Crippen molar-refractivity contribution in [3.8, 4) is 0 Å². The number of rotatable bonds is 60. The molecule has 478 valence electrons. The third-order valence-corrected chi connectivity index (χ3v) is 16.2. The third kappa shape index (κ3) is 48.6. The van der Waals surface area contributed by atoms with Gasteiger partial charge < -0.3 is 45.1 Å². The van der Waals surface area contributed by atoms with Crippen LogP contribution in [-0.2, 0) is 23.8 Å². The first-order valence-electron chi connectivity index (χ1n) is 34.5. The van der Waals surface area contributed by atoms with Gasteiger partial charge in [0.05, 0.1) is 32.0 Å². The Bertz CT molecular complexity index is 1550. The van der Waals surface area contributed by atoms with E-state index in [9.17, 15) is 35.1 Å². The molecule has 0 radical (unpaired) electrons. The average molecular weight is 1160 g/mol. The lowest BCUT2D eigenvalue weighted by atomic mass is 9.99. The molecule has 1 rings (SSSR count). The minimum atomic E-state index is -1.58. The van der Waals surface area contributed by atoms with Crippen molar-refractivity contribution in [1.29, 1.82) is 0 Å². The van der Waals surface area contributed by atoms with Crippen LogP contribution in [0, 0.1) is 0 Å². The van der Waals surface area contributed by atoms with E-state index in [4.69, 9.17) is 14.2 Å². The van der Waals surface area contributed by atoms with Gasteiger partial charge in [-0.2, -0.15) is 0 Å². The summed E-state index contributed by atoms with van der Waals surface area (Å²) in [6.07, 6.45) is 69.6. The van der Waals surface area contributed by atoms with E-state index >= 15 is 0 Å². The molecule has 6 N–H and O–H groups in total. The van der Waals surface area contributed by atoms with Crippen molar-refractivity contribution in [2.24, 2.45) is 0 Å². The van der Waals surface area contributed by atoms with E-state index in [1.807, 2.05) is 19.1 Å². The van der Waals surface area contributed by atoms with Crippen molar-refractivity contribution >= 4 is 11.9 Å². The second kappa shape index (κ2) is 60.1. The molecule has 82 heavy (non-hydrogen) atoms. The fourth-order valence-electron chi connectivity index (χ4n) is 10.7. The summed E-state index contributed by atoms with van der Waals surface area (Å²) in [4.78, 5) is 25.1. The van der Waals surface area contributed by atoms with E-state index in [-0.39, 0.29) is 18.5 Å². The minimum absolute atomic E-state index is 0.00462. The highest BCUT2D eigenvalue weighted by Crippen LogP contribution is 2.23. The van der Waals surface area contributed by atoms with E-state index in [0.29, 0.717) is 19.4 Å². The summed E-state index contributed by atoms with van der Waals surface area (Å²) in [5.41, 5.74) is 0. The molecular formula is C71H129NO10. The number of allylic oxidation sites excluding steroid dienone is 9. The Hall–Kier alpha value is -2.64. The molecule has 0 aromatic heterocycles. The van der Waals surface area contributed by atoms with E-state index in [1.54, 1.807) is 6.08 Å². The molecule has 0 aromatic carbocycles. The highest BCUT2D eigenvalue weighted by Gasteiger charge is 2.44. The molecule has 1 aliphatic heterocycles. The number of esters is 1. The first-order chi connectivity index (χ1) is 40.2. The first-order valence-corrected chi connectivity index (χ1v) is 34.5. The summed E-state index contributed by atoms with van der Waals surface area (Å²) in [7, 11) is 0. The number of amides is 1. The Labute approximate surface area is 503 Å². The van der Waals surface area contributed by atoms with Gasteiger partial charge in [0.25, 0.3) is 0 Å². The summed E-state index contributed by atoms with van der Waals surface area (Å²) in [6.45, 7) is 4.10. The smallest absolute Gasteiger partial charge is 0.305 e. The number of aliphatic hydroxyl groups is 5. The van der Waals surface area contributed by atoms with E-state index in [2.05, 4.69) is 54.8 Å². The van der Waals surface area contributed by atoms with Crippen LogP contribution in [-0.4, -0.2) is 100 Å². The maximum Gasteiger partial charge on any atom is 0.305 e. The summed E-state index contributed by atoms with van der Waals surface area (Å²) >= 11 is 0. The summed E-state index contributed by atoms with van der Waals surface area (Å²) < 4.78 is 16.7. The lowest BCUT2D eigenvalue weighted by molar-refractivity contribution is -0.302. The summed E-state index contributed by atoms with van der Waals surface area (Å²) in [5, 5.41) is 54.2. The molecule has 0 bridgehead atoms. The molecule has 1 heterocycles. The van der Waals surface area contributed by atoms with E-state index < -0.39 is 49.5 Å². The largest absolute Gasteiger partial charge is 0.466 e. The summed E-state index contributed by atoms with van der Waals surface area (Å²) in [5.74, 6) is -0.198. The first kappa shape index (κ1) is 77.4. The van der Waals surface area contributed by atoms with E-state index in [0.717, 1.165) is 77.0 Å². The third-order valence-electron chi connectivity index (χ3n) is 16.2. The molecule has 1 aliphatic rings. The predicted molar refractivity (Wildman–Crippen MR) is 343 cm³/mol. The lowest BCUT2D eigenvalue weighted by Crippen LogP contribution is -2.60. The Kier molecular flexibility index (Phi) is 56.7. The van der Waals surface area contributed by atoms with Crippen molar-refractivity contribution in [2.75, 3.05) is 19.8 Å². The normalized spacial score (nSPS) is 18.5.